The third kappa shape index (κ3) is 2.82. The van der Waals surface area contributed by atoms with Gasteiger partial charge in [0.2, 0.25) is 0 Å². The lowest BCUT2D eigenvalue weighted by atomic mass is 10.1. The molecule has 0 fully saturated rings. The SMILES string of the molecule is CCN1C(C(=O)O)=CC(c2ccc(OC)c(C)c2)=NS1(=O)=O. The number of carboxylic acids is 1. The smallest absolute Gasteiger partial charge is 0.353 e. The van der Waals surface area contributed by atoms with E-state index in [1.807, 2.05) is 0 Å². The van der Waals surface area contributed by atoms with Crippen molar-refractivity contribution in [1.82, 2.24) is 4.31 Å². The molecule has 0 bridgehead atoms. The molecule has 0 aliphatic carbocycles. The van der Waals surface area contributed by atoms with E-state index in [0.717, 1.165) is 9.87 Å². The van der Waals surface area contributed by atoms with Crippen LogP contribution in [-0.4, -0.2) is 43.2 Å². The Kier molecular flexibility index (Phi) is 4.23. The van der Waals surface area contributed by atoms with E-state index in [0.29, 0.717) is 11.3 Å². The largest absolute Gasteiger partial charge is 0.496 e. The van der Waals surface area contributed by atoms with Gasteiger partial charge in [0.25, 0.3) is 0 Å². The molecule has 0 saturated heterocycles. The first-order valence-corrected chi connectivity index (χ1v) is 7.92. The molecule has 1 aromatic carbocycles. The summed E-state index contributed by atoms with van der Waals surface area (Å²) in [5.41, 5.74) is 1.08. The molecule has 1 aliphatic rings. The third-order valence-corrected chi connectivity index (χ3v) is 4.67. The lowest BCUT2D eigenvalue weighted by molar-refractivity contribution is -0.133. The van der Waals surface area contributed by atoms with Crippen LogP contribution in [0.4, 0.5) is 0 Å². The summed E-state index contributed by atoms with van der Waals surface area (Å²) in [6.07, 6.45) is 1.26. The number of likely N-dealkylation sites (N-methyl/N-ethyl adjacent to an activating group) is 1. The number of ether oxygens (including phenoxy) is 1. The highest BCUT2D eigenvalue weighted by molar-refractivity contribution is 7.88. The van der Waals surface area contributed by atoms with Crippen molar-refractivity contribution < 1.29 is 23.1 Å². The van der Waals surface area contributed by atoms with Crippen LogP contribution < -0.4 is 4.74 Å². The molecular formula is C14H16N2O5S. The Morgan fingerprint density at radius 3 is 2.59 bits per heavy atom. The Bertz CT molecular complexity index is 780. The van der Waals surface area contributed by atoms with Crippen molar-refractivity contribution in [2.75, 3.05) is 13.7 Å². The summed E-state index contributed by atoms with van der Waals surface area (Å²) in [7, 11) is -2.52. The molecule has 7 nitrogen and oxygen atoms in total. The van der Waals surface area contributed by atoms with Gasteiger partial charge in [0.05, 0.1) is 12.8 Å². The van der Waals surface area contributed by atoms with E-state index in [1.54, 1.807) is 32.0 Å². The summed E-state index contributed by atoms with van der Waals surface area (Å²) in [4.78, 5) is 11.3. The first-order valence-electron chi connectivity index (χ1n) is 6.52. The predicted octanol–water partition coefficient (Wildman–Crippen LogP) is 1.34. The molecular weight excluding hydrogens is 308 g/mol. The molecule has 0 unspecified atom stereocenters. The fourth-order valence-electron chi connectivity index (χ4n) is 2.20. The number of aliphatic carboxylic acids is 1. The molecule has 1 aromatic rings. The molecule has 0 aromatic heterocycles. The standard InChI is InChI=1S/C14H16N2O5S/c1-4-16-12(14(17)18)8-11(15-22(16,19)20)10-5-6-13(21-3)9(2)7-10/h5-8H,4H2,1-3H3,(H,17,18). The zero-order valence-electron chi connectivity index (χ0n) is 12.4. The number of rotatable bonds is 4. The number of methoxy groups -OCH3 is 1. The molecule has 1 N–H and O–H groups in total. The Hall–Kier alpha value is -2.35. The van der Waals surface area contributed by atoms with Gasteiger partial charge in [0, 0.05) is 12.1 Å². The van der Waals surface area contributed by atoms with Gasteiger partial charge in [-0.1, -0.05) is 0 Å². The fourth-order valence-corrected chi connectivity index (χ4v) is 3.41. The van der Waals surface area contributed by atoms with Gasteiger partial charge in [-0.05, 0) is 43.7 Å². The van der Waals surface area contributed by atoms with Crippen molar-refractivity contribution in [1.29, 1.82) is 0 Å². The minimum atomic E-state index is -4.05. The molecule has 22 heavy (non-hydrogen) atoms. The van der Waals surface area contributed by atoms with E-state index in [2.05, 4.69) is 4.40 Å². The summed E-state index contributed by atoms with van der Waals surface area (Å²) in [5, 5.41) is 9.22. The Labute approximate surface area is 128 Å². The number of nitrogens with zero attached hydrogens (tertiary/aromatic N) is 2. The molecule has 0 amide bonds. The van der Waals surface area contributed by atoms with E-state index >= 15 is 0 Å². The lowest BCUT2D eigenvalue weighted by Gasteiger charge is -2.24. The first-order chi connectivity index (χ1) is 10.3. The highest BCUT2D eigenvalue weighted by Crippen LogP contribution is 2.24. The summed E-state index contributed by atoms with van der Waals surface area (Å²) >= 11 is 0. The Balaban J connectivity index is 2.58. The summed E-state index contributed by atoms with van der Waals surface area (Å²) in [5.74, 6) is -0.663. The molecule has 8 heteroatoms. The second kappa shape index (κ2) is 5.80. The highest BCUT2D eigenvalue weighted by Gasteiger charge is 2.31. The van der Waals surface area contributed by atoms with Crippen LogP contribution in [0.15, 0.2) is 34.4 Å². The quantitative estimate of drug-likeness (QED) is 0.901. The van der Waals surface area contributed by atoms with E-state index in [-0.39, 0.29) is 18.0 Å². The van der Waals surface area contributed by atoms with Gasteiger partial charge in [-0.2, -0.15) is 8.42 Å². The third-order valence-electron chi connectivity index (χ3n) is 3.23. The van der Waals surface area contributed by atoms with E-state index in [9.17, 15) is 18.3 Å². The second-order valence-corrected chi connectivity index (χ2v) is 6.16. The minimum absolute atomic E-state index is 0.00110. The summed E-state index contributed by atoms with van der Waals surface area (Å²) < 4.78 is 33.9. The van der Waals surface area contributed by atoms with Gasteiger partial charge < -0.3 is 9.84 Å². The van der Waals surface area contributed by atoms with E-state index < -0.39 is 16.2 Å². The van der Waals surface area contributed by atoms with Crippen LogP contribution in [0.5, 0.6) is 5.75 Å². The van der Waals surface area contributed by atoms with Gasteiger partial charge in [0.1, 0.15) is 11.4 Å². The van der Waals surface area contributed by atoms with Crippen molar-refractivity contribution in [3.8, 4) is 5.75 Å². The molecule has 0 spiro atoms. The Morgan fingerprint density at radius 1 is 1.41 bits per heavy atom. The van der Waals surface area contributed by atoms with Gasteiger partial charge in [-0.3, -0.25) is 0 Å². The van der Waals surface area contributed by atoms with Crippen LogP contribution in [0.3, 0.4) is 0 Å². The predicted molar refractivity (Wildman–Crippen MR) is 81.3 cm³/mol. The molecule has 2 rings (SSSR count). The van der Waals surface area contributed by atoms with Gasteiger partial charge >= 0.3 is 16.2 Å². The van der Waals surface area contributed by atoms with Crippen molar-refractivity contribution in [3.05, 3.63) is 41.1 Å². The van der Waals surface area contributed by atoms with E-state index in [4.69, 9.17) is 4.74 Å². The van der Waals surface area contributed by atoms with Crippen molar-refractivity contribution in [2.45, 2.75) is 13.8 Å². The number of hydrogen-bond acceptors (Lipinski definition) is 4. The number of carbonyl (C=O) groups is 1. The van der Waals surface area contributed by atoms with Crippen LogP contribution in [-0.2, 0) is 15.0 Å². The van der Waals surface area contributed by atoms with Crippen LogP contribution in [0.25, 0.3) is 0 Å². The lowest BCUT2D eigenvalue weighted by Crippen LogP contribution is -2.36. The first kappa shape index (κ1) is 16.0. The zero-order valence-corrected chi connectivity index (χ0v) is 13.2. The number of carboxylic acid groups (broad SMARTS) is 1. The molecule has 0 saturated carbocycles. The molecule has 0 radical (unpaired) electrons. The van der Waals surface area contributed by atoms with Gasteiger partial charge in [0.15, 0.2) is 0 Å². The highest BCUT2D eigenvalue weighted by atomic mass is 32.2. The van der Waals surface area contributed by atoms with Crippen LogP contribution in [0, 0.1) is 6.92 Å². The molecule has 0 atom stereocenters. The number of aryl methyl sites for hydroxylation is 1. The molecule has 118 valence electrons. The van der Waals surface area contributed by atoms with Gasteiger partial charge in [-0.15, -0.1) is 4.40 Å². The summed E-state index contributed by atoms with van der Waals surface area (Å²) in [6.45, 7) is 3.35. The normalized spacial score (nSPS) is 16.8. The molecule has 1 heterocycles. The van der Waals surface area contributed by atoms with Crippen LogP contribution in [0.2, 0.25) is 0 Å². The number of benzene rings is 1. The van der Waals surface area contributed by atoms with Crippen LogP contribution >= 0.6 is 0 Å². The maximum Gasteiger partial charge on any atom is 0.353 e. The van der Waals surface area contributed by atoms with Crippen molar-refractivity contribution in [3.63, 3.8) is 0 Å². The van der Waals surface area contributed by atoms with Crippen molar-refractivity contribution >= 4 is 21.9 Å². The molecule has 1 aliphatic heterocycles. The monoisotopic (exact) mass is 324 g/mol. The average molecular weight is 324 g/mol. The average Bonchev–Trinajstić information content (AvgIpc) is 2.45. The number of allylic oxidation sites excluding steroid dienone is 1. The number of hydrogen-bond donors (Lipinski definition) is 1. The minimum Gasteiger partial charge on any atom is -0.496 e. The second-order valence-electron chi connectivity index (χ2n) is 4.64. The Morgan fingerprint density at radius 2 is 2.09 bits per heavy atom. The van der Waals surface area contributed by atoms with Crippen molar-refractivity contribution in [2.24, 2.45) is 4.40 Å². The van der Waals surface area contributed by atoms with Crippen LogP contribution in [0.1, 0.15) is 18.1 Å². The topological polar surface area (TPSA) is 96.3 Å². The van der Waals surface area contributed by atoms with E-state index in [1.165, 1.54) is 13.2 Å². The maximum absolute atomic E-state index is 12.1. The maximum atomic E-state index is 12.1. The zero-order chi connectivity index (χ0) is 16.5. The fraction of sp³-hybridized carbons (Fsp3) is 0.286. The summed E-state index contributed by atoms with van der Waals surface area (Å²) in [6, 6.07) is 5.02. The van der Waals surface area contributed by atoms with Gasteiger partial charge in [-0.25, -0.2) is 9.10 Å².